The maximum Gasteiger partial charge on any atom is 0.323 e. The molecule has 1 aromatic heterocycles. The van der Waals surface area contributed by atoms with E-state index in [1.807, 2.05) is 0 Å². The molecular formula is C12H9ClFNO4S. The van der Waals surface area contributed by atoms with Crippen molar-refractivity contribution in [1.29, 1.82) is 0 Å². The number of nitrogens with zero attached hydrogens (tertiary/aromatic N) is 1. The van der Waals surface area contributed by atoms with Gasteiger partial charge in [-0.25, -0.2) is 4.39 Å². The van der Waals surface area contributed by atoms with Crippen LogP contribution in [0.15, 0.2) is 24.3 Å². The van der Waals surface area contributed by atoms with Gasteiger partial charge in [0.15, 0.2) is 0 Å². The lowest BCUT2D eigenvalue weighted by molar-refractivity contribution is -0.385. The summed E-state index contributed by atoms with van der Waals surface area (Å²) >= 11 is 6.56. The second kappa shape index (κ2) is 5.74. The molecule has 0 unspecified atom stereocenters. The van der Waals surface area contributed by atoms with Gasteiger partial charge in [-0.2, -0.15) is 0 Å². The molecule has 8 heteroatoms. The number of nitro groups is 1. The van der Waals surface area contributed by atoms with Gasteiger partial charge in [-0.15, -0.1) is 0 Å². The summed E-state index contributed by atoms with van der Waals surface area (Å²) in [6.07, 6.45) is -0.840. The van der Waals surface area contributed by atoms with Crippen LogP contribution in [0.25, 0.3) is 0 Å². The fraction of sp³-hybridized carbons (Fsp3) is 0.167. The van der Waals surface area contributed by atoms with Crippen molar-refractivity contribution in [3.8, 4) is 10.8 Å². The summed E-state index contributed by atoms with van der Waals surface area (Å²) < 4.78 is 18.4. The average molecular weight is 318 g/mol. The Morgan fingerprint density at radius 2 is 2.20 bits per heavy atom. The van der Waals surface area contributed by atoms with Crippen LogP contribution < -0.4 is 4.74 Å². The summed E-state index contributed by atoms with van der Waals surface area (Å²) in [4.78, 5) is 10.7. The number of thiophene rings is 1. The Hall–Kier alpha value is -1.70. The third kappa shape index (κ3) is 3.06. The fourth-order valence-corrected chi connectivity index (χ4v) is 2.54. The van der Waals surface area contributed by atoms with Gasteiger partial charge in [-0.3, -0.25) is 10.1 Å². The quantitative estimate of drug-likeness (QED) is 0.674. The van der Waals surface area contributed by atoms with E-state index in [0.29, 0.717) is 4.88 Å². The molecule has 0 radical (unpaired) electrons. The van der Waals surface area contributed by atoms with Crippen molar-refractivity contribution in [2.24, 2.45) is 0 Å². The second-order valence-corrected chi connectivity index (χ2v) is 5.39. The van der Waals surface area contributed by atoms with Gasteiger partial charge in [-0.05, 0) is 19.1 Å². The number of benzene rings is 1. The highest BCUT2D eigenvalue weighted by Crippen LogP contribution is 2.42. The lowest BCUT2D eigenvalue weighted by atomic mass is 10.3. The molecule has 5 nitrogen and oxygen atoms in total. The minimum atomic E-state index is -0.840. The van der Waals surface area contributed by atoms with E-state index < -0.39 is 16.8 Å². The molecule has 2 rings (SSSR count). The number of aliphatic hydroxyl groups is 1. The first-order chi connectivity index (χ1) is 9.38. The van der Waals surface area contributed by atoms with Crippen LogP contribution in [0.4, 0.5) is 10.1 Å². The molecule has 2 aromatic rings. The molecule has 0 aliphatic rings. The van der Waals surface area contributed by atoms with Crippen LogP contribution in [0.1, 0.15) is 17.9 Å². The third-order valence-electron chi connectivity index (χ3n) is 2.41. The minimum absolute atomic E-state index is 0.00794. The number of rotatable bonds is 4. The van der Waals surface area contributed by atoms with Crippen molar-refractivity contribution < 1.29 is 19.2 Å². The molecular weight excluding hydrogens is 309 g/mol. The van der Waals surface area contributed by atoms with Gasteiger partial charge in [0.05, 0.1) is 16.0 Å². The fourth-order valence-electron chi connectivity index (χ4n) is 1.44. The summed E-state index contributed by atoms with van der Waals surface area (Å²) in [6, 6.07) is 4.89. The van der Waals surface area contributed by atoms with Gasteiger partial charge >= 0.3 is 5.69 Å². The van der Waals surface area contributed by atoms with Crippen molar-refractivity contribution in [2.75, 3.05) is 0 Å². The average Bonchev–Trinajstić information content (AvgIpc) is 2.78. The number of ether oxygens (including phenoxy) is 1. The van der Waals surface area contributed by atoms with Crippen LogP contribution >= 0.6 is 22.9 Å². The van der Waals surface area contributed by atoms with E-state index in [1.165, 1.54) is 25.1 Å². The standard InChI is InChI=1S/C12H9ClFNO4S/c1-6(16)11-5-10(15(17)18)12(20-11)19-7-2-3-9(14)8(13)4-7/h2-6,16H,1H3/t6-/m0/s1. The summed E-state index contributed by atoms with van der Waals surface area (Å²) in [5.41, 5.74) is -0.258. The van der Waals surface area contributed by atoms with E-state index >= 15 is 0 Å². The maximum absolute atomic E-state index is 13.0. The first-order valence-electron chi connectivity index (χ1n) is 5.47. The Kier molecular flexibility index (Phi) is 4.22. The van der Waals surface area contributed by atoms with Gasteiger partial charge in [0.25, 0.3) is 5.06 Å². The number of aliphatic hydroxyl groups excluding tert-OH is 1. The molecule has 106 valence electrons. The van der Waals surface area contributed by atoms with E-state index in [2.05, 4.69) is 0 Å². The third-order valence-corrected chi connectivity index (χ3v) is 3.87. The van der Waals surface area contributed by atoms with Crippen molar-refractivity contribution in [2.45, 2.75) is 13.0 Å². The number of hydrogen-bond acceptors (Lipinski definition) is 5. The number of hydrogen-bond donors (Lipinski definition) is 1. The van der Waals surface area contributed by atoms with Gasteiger partial charge in [0, 0.05) is 17.0 Å². The van der Waals surface area contributed by atoms with Crippen molar-refractivity contribution in [3.63, 3.8) is 0 Å². The molecule has 1 heterocycles. The van der Waals surface area contributed by atoms with Gasteiger partial charge in [-0.1, -0.05) is 22.9 Å². The normalized spacial score (nSPS) is 12.2. The highest BCUT2D eigenvalue weighted by Gasteiger charge is 2.23. The van der Waals surface area contributed by atoms with Crippen LogP contribution in [-0.2, 0) is 0 Å². The minimum Gasteiger partial charge on any atom is -0.440 e. The van der Waals surface area contributed by atoms with E-state index in [9.17, 15) is 19.6 Å². The van der Waals surface area contributed by atoms with Gasteiger partial charge in [0.2, 0.25) is 0 Å². The molecule has 0 spiro atoms. The predicted octanol–water partition coefficient (Wildman–Crippen LogP) is 4.29. The van der Waals surface area contributed by atoms with Crippen molar-refractivity contribution in [3.05, 3.63) is 50.1 Å². The smallest absolute Gasteiger partial charge is 0.323 e. The molecule has 1 atom stereocenters. The summed E-state index contributed by atoms with van der Waals surface area (Å²) in [5.74, 6) is -0.428. The molecule has 0 saturated heterocycles. The van der Waals surface area contributed by atoms with Gasteiger partial charge in [0.1, 0.15) is 11.6 Å². The van der Waals surface area contributed by atoms with E-state index in [1.54, 1.807) is 0 Å². The molecule has 20 heavy (non-hydrogen) atoms. The Bertz CT molecular complexity index is 659. The zero-order valence-corrected chi connectivity index (χ0v) is 11.7. The first kappa shape index (κ1) is 14.7. The first-order valence-corrected chi connectivity index (χ1v) is 6.67. The molecule has 0 amide bonds. The zero-order chi connectivity index (χ0) is 14.9. The molecule has 0 bridgehead atoms. The van der Waals surface area contributed by atoms with E-state index in [4.69, 9.17) is 16.3 Å². The van der Waals surface area contributed by atoms with Crippen LogP contribution in [0.3, 0.4) is 0 Å². The molecule has 0 aliphatic carbocycles. The van der Waals surface area contributed by atoms with Gasteiger partial charge < -0.3 is 9.84 Å². The highest BCUT2D eigenvalue weighted by atomic mass is 35.5. The Balaban J connectivity index is 2.36. The highest BCUT2D eigenvalue weighted by molar-refractivity contribution is 7.14. The van der Waals surface area contributed by atoms with Crippen molar-refractivity contribution >= 4 is 28.6 Å². The molecule has 0 aliphatic heterocycles. The zero-order valence-electron chi connectivity index (χ0n) is 10.2. The monoisotopic (exact) mass is 317 g/mol. The van der Waals surface area contributed by atoms with Crippen LogP contribution in [-0.4, -0.2) is 10.0 Å². The largest absolute Gasteiger partial charge is 0.440 e. The molecule has 0 saturated carbocycles. The summed E-state index contributed by atoms with van der Waals surface area (Å²) in [7, 11) is 0. The lowest BCUT2D eigenvalue weighted by Crippen LogP contribution is -1.90. The Morgan fingerprint density at radius 3 is 2.75 bits per heavy atom. The summed E-state index contributed by atoms with van der Waals surface area (Å²) in [6.45, 7) is 1.49. The van der Waals surface area contributed by atoms with E-state index in [0.717, 1.165) is 17.4 Å². The SMILES string of the molecule is C[C@H](O)c1cc([N+](=O)[O-])c(Oc2ccc(F)c(Cl)c2)s1. The Labute approximate surface area is 122 Å². The van der Waals surface area contributed by atoms with Crippen LogP contribution in [0, 0.1) is 15.9 Å². The van der Waals surface area contributed by atoms with E-state index in [-0.39, 0.29) is 21.5 Å². The molecule has 0 fully saturated rings. The topological polar surface area (TPSA) is 72.6 Å². The van der Waals surface area contributed by atoms with Crippen LogP contribution in [0.5, 0.6) is 10.8 Å². The predicted molar refractivity (Wildman–Crippen MR) is 73.1 cm³/mol. The Morgan fingerprint density at radius 1 is 1.50 bits per heavy atom. The molecule has 1 aromatic carbocycles. The maximum atomic E-state index is 13.0. The van der Waals surface area contributed by atoms with Crippen molar-refractivity contribution in [1.82, 2.24) is 0 Å². The summed E-state index contributed by atoms with van der Waals surface area (Å²) in [5, 5.41) is 20.3. The number of halogens is 2. The van der Waals surface area contributed by atoms with Crippen LogP contribution in [0.2, 0.25) is 5.02 Å². The lowest BCUT2D eigenvalue weighted by Gasteiger charge is -2.03. The second-order valence-electron chi connectivity index (χ2n) is 3.93. The molecule has 1 N–H and O–H groups in total.